The van der Waals surface area contributed by atoms with E-state index >= 15 is 0 Å². The Morgan fingerprint density at radius 1 is 0.833 bits per heavy atom. The molecule has 0 spiro atoms. The first-order chi connectivity index (χ1) is 14.7. The molecule has 4 nitrogen and oxygen atoms in total. The second-order valence-corrected chi connectivity index (χ2v) is 8.01. The molecule has 0 atom stereocenters. The molecule has 5 rings (SSSR count). The molecule has 1 aliphatic carbocycles. The fourth-order valence-corrected chi connectivity index (χ4v) is 4.75. The number of rotatable bonds is 4. The van der Waals surface area contributed by atoms with Crippen LogP contribution in [-0.4, -0.2) is 46.9 Å². The maximum absolute atomic E-state index is 9.55. The van der Waals surface area contributed by atoms with Crippen molar-refractivity contribution < 1.29 is 5.11 Å². The fraction of sp³-hybridized carbons (Fsp3) is 0.269. The van der Waals surface area contributed by atoms with E-state index in [2.05, 4.69) is 65.4 Å². The summed E-state index contributed by atoms with van der Waals surface area (Å²) in [5.74, 6) is 0.292. The first-order valence-corrected chi connectivity index (χ1v) is 10.8. The van der Waals surface area contributed by atoms with Crippen molar-refractivity contribution in [3.63, 3.8) is 0 Å². The number of hydrogen-bond acceptors (Lipinski definition) is 4. The predicted octanol–water partition coefficient (Wildman–Crippen LogP) is 4.89. The lowest BCUT2D eigenvalue weighted by Crippen LogP contribution is -2.45. The summed E-state index contributed by atoms with van der Waals surface area (Å²) in [7, 11) is 0. The van der Waals surface area contributed by atoms with E-state index in [0.29, 0.717) is 11.8 Å². The summed E-state index contributed by atoms with van der Waals surface area (Å²) in [6.45, 7) is 5.95. The van der Waals surface area contributed by atoms with Gasteiger partial charge in [0.25, 0.3) is 0 Å². The monoisotopic (exact) mass is 397 g/mol. The van der Waals surface area contributed by atoms with Gasteiger partial charge in [-0.25, -0.2) is 0 Å². The highest BCUT2D eigenvalue weighted by Gasteiger charge is 2.34. The third kappa shape index (κ3) is 3.37. The number of aromatic hydroxyl groups is 1. The Bertz CT molecular complexity index is 1020. The summed E-state index contributed by atoms with van der Waals surface area (Å²) in [6.07, 6.45) is 0.869. The summed E-state index contributed by atoms with van der Waals surface area (Å²) in [6, 6.07) is 25.3. The summed E-state index contributed by atoms with van der Waals surface area (Å²) in [4.78, 5) is 2.60. The smallest absolute Gasteiger partial charge is 0.115 e. The summed E-state index contributed by atoms with van der Waals surface area (Å²) in [5.41, 5.74) is 7.75. The first-order valence-electron chi connectivity index (χ1n) is 10.8. The van der Waals surface area contributed by atoms with Crippen LogP contribution in [0.15, 0.2) is 77.9 Å². The zero-order chi connectivity index (χ0) is 20.5. The van der Waals surface area contributed by atoms with Gasteiger partial charge in [-0.1, -0.05) is 55.5 Å². The SMILES string of the molecule is CC/C(=N/N1CCN(C2c3ccccc3-c3ccccc32)CC1)c1ccc(O)cc1. The van der Waals surface area contributed by atoms with Crippen molar-refractivity contribution >= 4 is 5.71 Å². The molecule has 1 N–H and O–H groups in total. The first kappa shape index (κ1) is 18.9. The minimum atomic E-state index is 0.292. The van der Waals surface area contributed by atoms with E-state index in [9.17, 15) is 5.11 Å². The van der Waals surface area contributed by atoms with Crippen LogP contribution in [0.1, 0.15) is 36.1 Å². The molecular formula is C26H27N3O. The number of phenolic OH excluding ortho intramolecular Hbond substituents is 1. The van der Waals surface area contributed by atoms with Crippen LogP contribution in [0, 0.1) is 0 Å². The van der Waals surface area contributed by atoms with Crippen LogP contribution in [0.3, 0.4) is 0 Å². The lowest BCUT2D eigenvalue weighted by Gasteiger charge is -2.38. The van der Waals surface area contributed by atoms with E-state index in [1.807, 2.05) is 12.1 Å². The molecular weight excluding hydrogens is 370 g/mol. The van der Waals surface area contributed by atoms with E-state index < -0.39 is 0 Å². The molecule has 3 aromatic carbocycles. The number of phenols is 1. The Hall–Kier alpha value is -3.11. The van der Waals surface area contributed by atoms with Crippen LogP contribution in [0.25, 0.3) is 11.1 Å². The largest absolute Gasteiger partial charge is 0.508 e. The summed E-state index contributed by atoms with van der Waals surface area (Å²) < 4.78 is 0. The van der Waals surface area contributed by atoms with Crippen molar-refractivity contribution in [2.24, 2.45) is 5.10 Å². The summed E-state index contributed by atoms with van der Waals surface area (Å²) >= 11 is 0. The van der Waals surface area contributed by atoms with Crippen LogP contribution in [-0.2, 0) is 0 Å². The molecule has 0 aromatic heterocycles. The molecule has 1 aliphatic heterocycles. The number of fused-ring (bicyclic) bond motifs is 3. The van der Waals surface area contributed by atoms with Crippen molar-refractivity contribution in [2.75, 3.05) is 26.2 Å². The van der Waals surface area contributed by atoms with Crippen LogP contribution < -0.4 is 0 Å². The molecule has 1 heterocycles. The van der Waals surface area contributed by atoms with Gasteiger partial charge in [0.05, 0.1) is 11.8 Å². The Kier molecular flexibility index (Phi) is 5.01. The number of hydrazone groups is 1. The zero-order valence-electron chi connectivity index (χ0n) is 17.3. The van der Waals surface area contributed by atoms with Crippen molar-refractivity contribution in [1.82, 2.24) is 9.91 Å². The van der Waals surface area contributed by atoms with E-state index in [4.69, 9.17) is 5.10 Å². The third-order valence-electron chi connectivity index (χ3n) is 6.25. The molecule has 0 amide bonds. The van der Waals surface area contributed by atoms with Gasteiger partial charge in [0.2, 0.25) is 0 Å². The van der Waals surface area contributed by atoms with Gasteiger partial charge in [-0.05, 0) is 58.5 Å². The van der Waals surface area contributed by atoms with Gasteiger partial charge in [-0.15, -0.1) is 0 Å². The lowest BCUT2D eigenvalue weighted by atomic mass is 10.0. The molecule has 30 heavy (non-hydrogen) atoms. The van der Waals surface area contributed by atoms with E-state index in [1.54, 1.807) is 12.1 Å². The average Bonchev–Trinajstić information content (AvgIpc) is 3.13. The van der Waals surface area contributed by atoms with Crippen LogP contribution in [0.5, 0.6) is 5.75 Å². The Morgan fingerprint density at radius 2 is 1.40 bits per heavy atom. The highest BCUT2D eigenvalue weighted by atomic mass is 16.3. The highest BCUT2D eigenvalue weighted by molar-refractivity contribution is 6.00. The summed E-state index contributed by atoms with van der Waals surface area (Å²) in [5, 5.41) is 16.7. The standard InChI is InChI=1S/C26H27N3O/c1-2-25(19-11-13-20(30)14-12-19)27-29-17-15-28(16-18-29)26-23-9-5-3-7-21(23)22-8-4-6-10-24(22)26/h3-14,26,30H,2,15-18H2,1H3/b27-25-. The fourth-order valence-electron chi connectivity index (χ4n) is 4.75. The molecule has 0 bridgehead atoms. The van der Waals surface area contributed by atoms with Gasteiger partial charge in [0.15, 0.2) is 0 Å². The Morgan fingerprint density at radius 3 is 1.97 bits per heavy atom. The second-order valence-electron chi connectivity index (χ2n) is 8.01. The predicted molar refractivity (Wildman–Crippen MR) is 122 cm³/mol. The van der Waals surface area contributed by atoms with Gasteiger partial charge < -0.3 is 5.11 Å². The number of piperazine rings is 1. The van der Waals surface area contributed by atoms with Gasteiger partial charge in [0.1, 0.15) is 5.75 Å². The molecule has 0 radical (unpaired) electrons. The highest BCUT2D eigenvalue weighted by Crippen LogP contribution is 2.46. The van der Waals surface area contributed by atoms with Gasteiger partial charge in [-0.3, -0.25) is 9.91 Å². The van der Waals surface area contributed by atoms with Crippen LogP contribution in [0.4, 0.5) is 0 Å². The maximum atomic E-state index is 9.55. The normalized spacial score (nSPS) is 17.1. The molecule has 1 fully saturated rings. The lowest BCUT2D eigenvalue weighted by molar-refractivity contribution is 0.113. The van der Waals surface area contributed by atoms with Crippen molar-refractivity contribution in [3.8, 4) is 16.9 Å². The van der Waals surface area contributed by atoms with E-state index in [1.165, 1.54) is 22.3 Å². The third-order valence-corrected chi connectivity index (χ3v) is 6.25. The molecule has 4 heteroatoms. The number of hydrogen-bond donors (Lipinski definition) is 1. The number of benzene rings is 3. The topological polar surface area (TPSA) is 39.1 Å². The minimum absolute atomic E-state index is 0.292. The quantitative estimate of drug-likeness (QED) is 0.637. The Labute approximate surface area is 178 Å². The Balaban J connectivity index is 1.34. The molecule has 3 aromatic rings. The van der Waals surface area contributed by atoms with Gasteiger partial charge in [0, 0.05) is 26.2 Å². The van der Waals surface area contributed by atoms with Gasteiger partial charge >= 0.3 is 0 Å². The number of nitrogens with zero attached hydrogens (tertiary/aromatic N) is 3. The van der Waals surface area contributed by atoms with E-state index in [-0.39, 0.29) is 0 Å². The molecule has 0 unspecified atom stereocenters. The van der Waals surface area contributed by atoms with Crippen LogP contribution in [0.2, 0.25) is 0 Å². The zero-order valence-corrected chi connectivity index (χ0v) is 17.3. The molecule has 1 saturated heterocycles. The van der Waals surface area contributed by atoms with Crippen molar-refractivity contribution in [1.29, 1.82) is 0 Å². The van der Waals surface area contributed by atoms with Crippen molar-refractivity contribution in [2.45, 2.75) is 19.4 Å². The maximum Gasteiger partial charge on any atom is 0.115 e. The molecule has 152 valence electrons. The van der Waals surface area contributed by atoms with Crippen LogP contribution >= 0.6 is 0 Å². The van der Waals surface area contributed by atoms with E-state index in [0.717, 1.165) is 43.9 Å². The molecule has 0 saturated carbocycles. The minimum Gasteiger partial charge on any atom is -0.508 e. The molecule has 2 aliphatic rings. The average molecular weight is 398 g/mol. The second kappa shape index (κ2) is 7.96. The van der Waals surface area contributed by atoms with Gasteiger partial charge in [-0.2, -0.15) is 5.10 Å². The van der Waals surface area contributed by atoms with Crippen molar-refractivity contribution in [3.05, 3.63) is 89.5 Å².